The maximum absolute atomic E-state index is 12.1. The molecule has 1 aromatic rings. The van der Waals surface area contributed by atoms with Crippen LogP contribution in [0.25, 0.3) is 0 Å². The largest absolute Gasteiger partial charge is 0.346 e. The van der Waals surface area contributed by atoms with E-state index in [0.29, 0.717) is 6.42 Å². The fourth-order valence-corrected chi connectivity index (χ4v) is 2.10. The van der Waals surface area contributed by atoms with Crippen LogP contribution in [0.1, 0.15) is 25.8 Å². The molecule has 0 saturated carbocycles. The Morgan fingerprint density at radius 3 is 2.68 bits per heavy atom. The molecule has 1 fully saturated rings. The highest BCUT2D eigenvalue weighted by Gasteiger charge is 2.46. The highest BCUT2D eigenvalue weighted by atomic mass is 79.9. The number of hydrogen-bond donors (Lipinski definition) is 1. The molecule has 5 nitrogen and oxygen atoms in total. The van der Waals surface area contributed by atoms with Crippen LogP contribution >= 0.6 is 15.9 Å². The summed E-state index contributed by atoms with van der Waals surface area (Å²) in [5.74, 6) is -0.330. The summed E-state index contributed by atoms with van der Waals surface area (Å²) in [5.41, 5.74) is -0.0595. The van der Waals surface area contributed by atoms with Gasteiger partial charge in [0.2, 0.25) is 0 Å². The lowest BCUT2D eigenvalue weighted by Gasteiger charge is -2.17. The Morgan fingerprint density at radius 1 is 1.42 bits per heavy atom. The number of carbonyl (C=O) groups excluding carboxylic acids is 2. The van der Waals surface area contributed by atoms with Gasteiger partial charge >= 0.3 is 6.03 Å². The van der Waals surface area contributed by atoms with E-state index in [1.54, 1.807) is 6.92 Å². The van der Waals surface area contributed by atoms with Crippen molar-refractivity contribution in [2.45, 2.75) is 25.8 Å². The summed E-state index contributed by atoms with van der Waals surface area (Å²) < 4.78 is 0.851. The van der Waals surface area contributed by atoms with Gasteiger partial charge in [-0.15, -0.1) is 5.01 Å². The molecule has 0 spiro atoms. The molecule has 0 aromatic heterocycles. The van der Waals surface area contributed by atoms with Crippen molar-refractivity contribution < 1.29 is 9.59 Å². The zero-order chi connectivity index (χ0) is 14.0. The van der Waals surface area contributed by atoms with Crippen LogP contribution in [-0.2, 0) is 4.79 Å². The molecule has 1 saturated heterocycles. The molecule has 0 bridgehead atoms. The first-order valence-corrected chi connectivity index (χ1v) is 6.72. The van der Waals surface area contributed by atoms with Gasteiger partial charge in [-0.2, -0.15) is 5.10 Å². The standard InChI is InChI=1S/C13H14BrN3O2/c1-3-13(2)11(18)17(12(19)16-13)15-8-9-6-4-5-7-10(9)14/h4-8H,3H2,1-2H3,(H,16,19)/b15-8-/t13-/m0/s1. The van der Waals surface area contributed by atoms with Gasteiger partial charge in [0, 0.05) is 10.0 Å². The summed E-state index contributed by atoms with van der Waals surface area (Å²) >= 11 is 3.38. The molecule has 1 atom stereocenters. The lowest BCUT2D eigenvalue weighted by molar-refractivity contribution is -0.130. The zero-order valence-corrected chi connectivity index (χ0v) is 12.3. The molecule has 1 N–H and O–H groups in total. The Balaban J connectivity index is 2.23. The maximum atomic E-state index is 12.1. The quantitative estimate of drug-likeness (QED) is 0.686. The number of halogens is 1. The Labute approximate surface area is 119 Å². The van der Waals surface area contributed by atoms with E-state index in [1.165, 1.54) is 6.21 Å². The number of rotatable bonds is 3. The number of amides is 3. The van der Waals surface area contributed by atoms with Gasteiger partial charge in [-0.05, 0) is 19.4 Å². The Kier molecular flexibility index (Phi) is 3.71. The van der Waals surface area contributed by atoms with E-state index < -0.39 is 11.6 Å². The third-order valence-corrected chi connectivity index (χ3v) is 3.89. The van der Waals surface area contributed by atoms with E-state index in [4.69, 9.17) is 0 Å². The van der Waals surface area contributed by atoms with Gasteiger partial charge < -0.3 is 5.32 Å². The second-order valence-electron chi connectivity index (χ2n) is 4.50. The van der Waals surface area contributed by atoms with Crippen molar-refractivity contribution in [3.05, 3.63) is 34.3 Å². The average molecular weight is 324 g/mol. The number of carbonyl (C=O) groups is 2. The van der Waals surface area contributed by atoms with E-state index in [-0.39, 0.29) is 5.91 Å². The van der Waals surface area contributed by atoms with E-state index in [1.807, 2.05) is 31.2 Å². The van der Waals surface area contributed by atoms with Crippen molar-refractivity contribution >= 4 is 34.1 Å². The van der Waals surface area contributed by atoms with Gasteiger partial charge in [0.05, 0.1) is 6.21 Å². The molecular formula is C13H14BrN3O2. The summed E-state index contributed by atoms with van der Waals surface area (Å²) in [6, 6.07) is 6.95. The second-order valence-corrected chi connectivity index (χ2v) is 5.35. The molecule has 0 radical (unpaired) electrons. The molecule has 6 heteroatoms. The van der Waals surface area contributed by atoms with Crippen molar-refractivity contribution in [1.82, 2.24) is 10.3 Å². The van der Waals surface area contributed by atoms with Gasteiger partial charge in [0.25, 0.3) is 5.91 Å². The molecular weight excluding hydrogens is 310 g/mol. The molecule has 3 amide bonds. The molecule has 19 heavy (non-hydrogen) atoms. The van der Waals surface area contributed by atoms with Crippen LogP contribution in [0.2, 0.25) is 0 Å². The number of hydrazone groups is 1. The predicted octanol–water partition coefficient (Wildman–Crippen LogP) is 2.50. The van der Waals surface area contributed by atoms with Crippen LogP contribution < -0.4 is 5.32 Å². The van der Waals surface area contributed by atoms with Gasteiger partial charge in [0.1, 0.15) is 5.54 Å². The van der Waals surface area contributed by atoms with Crippen molar-refractivity contribution in [3.8, 4) is 0 Å². The fourth-order valence-electron chi connectivity index (χ4n) is 1.71. The van der Waals surface area contributed by atoms with Crippen LogP contribution in [0.4, 0.5) is 4.79 Å². The summed E-state index contributed by atoms with van der Waals surface area (Å²) in [7, 11) is 0. The monoisotopic (exact) mass is 323 g/mol. The van der Waals surface area contributed by atoms with Gasteiger partial charge in [0.15, 0.2) is 0 Å². The molecule has 1 heterocycles. The Hall–Kier alpha value is -1.69. The first-order valence-electron chi connectivity index (χ1n) is 5.93. The molecule has 1 aromatic carbocycles. The molecule has 1 aliphatic heterocycles. The number of urea groups is 1. The summed E-state index contributed by atoms with van der Waals surface area (Å²) in [6.07, 6.45) is 2.02. The number of nitrogens with one attached hydrogen (secondary N) is 1. The van der Waals surface area contributed by atoms with Crippen molar-refractivity contribution in [2.24, 2.45) is 5.10 Å². The molecule has 100 valence electrons. The normalized spacial score (nSPS) is 23.2. The number of nitrogens with zero attached hydrogens (tertiary/aromatic N) is 2. The smallest absolute Gasteiger partial charge is 0.322 e. The molecule has 2 rings (SSSR count). The Morgan fingerprint density at radius 2 is 2.11 bits per heavy atom. The van der Waals surface area contributed by atoms with Crippen LogP contribution in [-0.4, -0.2) is 28.7 Å². The zero-order valence-electron chi connectivity index (χ0n) is 10.7. The Bertz CT molecular complexity index is 559. The first kappa shape index (κ1) is 13.7. The minimum atomic E-state index is -0.859. The third kappa shape index (κ3) is 2.53. The van der Waals surface area contributed by atoms with E-state index in [0.717, 1.165) is 15.0 Å². The molecule has 1 aliphatic rings. The highest BCUT2D eigenvalue weighted by Crippen LogP contribution is 2.21. The van der Waals surface area contributed by atoms with E-state index in [2.05, 4.69) is 26.3 Å². The second kappa shape index (κ2) is 5.13. The molecule has 0 aliphatic carbocycles. The predicted molar refractivity (Wildman–Crippen MR) is 75.8 cm³/mol. The number of hydrogen-bond acceptors (Lipinski definition) is 3. The topological polar surface area (TPSA) is 61.8 Å². The summed E-state index contributed by atoms with van der Waals surface area (Å²) in [4.78, 5) is 23.8. The number of imide groups is 1. The van der Waals surface area contributed by atoms with E-state index in [9.17, 15) is 9.59 Å². The van der Waals surface area contributed by atoms with Crippen molar-refractivity contribution in [2.75, 3.05) is 0 Å². The number of benzene rings is 1. The molecule has 0 unspecified atom stereocenters. The lowest BCUT2D eigenvalue weighted by atomic mass is 10.00. The van der Waals surface area contributed by atoms with Crippen LogP contribution in [0.5, 0.6) is 0 Å². The first-order chi connectivity index (χ1) is 8.98. The fraction of sp³-hybridized carbons (Fsp3) is 0.308. The highest BCUT2D eigenvalue weighted by molar-refractivity contribution is 9.10. The van der Waals surface area contributed by atoms with Gasteiger partial charge in [-0.1, -0.05) is 41.1 Å². The minimum absolute atomic E-state index is 0.330. The third-order valence-electron chi connectivity index (χ3n) is 3.16. The van der Waals surface area contributed by atoms with Gasteiger partial charge in [-0.25, -0.2) is 4.79 Å². The van der Waals surface area contributed by atoms with Crippen LogP contribution in [0.15, 0.2) is 33.8 Å². The summed E-state index contributed by atoms with van der Waals surface area (Å²) in [5, 5.41) is 7.50. The van der Waals surface area contributed by atoms with Crippen LogP contribution in [0.3, 0.4) is 0 Å². The van der Waals surface area contributed by atoms with Crippen LogP contribution in [0, 0.1) is 0 Å². The van der Waals surface area contributed by atoms with E-state index >= 15 is 0 Å². The average Bonchev–Trinajstić information content (AvgIpc) is 2.61. The maximum Gasteiger partial charge on any atom is 0.346 e. The van der Waals surface area contributed by atoms with Gasteiger partial charge in [-0.3, -0.25) is 4.79 Å². The van der Waals surface area contributed by atoms with Crippen molar-refractivity contribution in [1.29, 1.82) is 0 Å². The minimum Gasteiger partial charge on any atom is -0.322 e. The SMILES string of the molecule is CC[C@]1(C)NC(=O)N(/N=C\c2ccccc2Br)C1=O. The summed E-state index contributed by atoms with van der Waals surface area (Å²) in [6.45, 7) is 3.54. The lowest BCUT2D eigenvalue weighted by Crippen LogP contribution is -2.42. The van der Waals surface area contributed by atoms with Crippen molar-refractivity contribution in [3.63, 3.8) is 0 Å².